The monoisotopic (exact) mass is 245 g/mol. The highest BCUT2D eigenvalue weighted by atomic mass is 35.5. The highest BCUT2D eigenvalue weighted by molar-refractivity contribution is 7.98. The van der Waals surface area contributed by atoms with Crippen LogP contribution in [0.15, 0.2) is 23.1 Å². The van der Waals surface area contributed by atoms with E-state index >= 15 is 0 Å². The lowest BCUT2D eigenvalue weighted by atomic mass is 10.00. The Kier molecular flexibility index (Phi) is 4.45. The molecule has 0 spiro atoms. The van der Waals surface area contributed by atoms with Crippen molar-refractivity contribution in [2.24, 2.45) is 5.73 Å². The topological polar surface area (TPSA) is 63.3 Å². The molecule has 3 nitrogen and oxygen atoms in total. The molecule has 1 rings (SSSR count). The Hall–Kier alpha value is -0.710. The van der Waals surface area contributed by atoms with E-state index in [1.54, 1.807) is 12.1 Å². The van der Waals surface area contributed by atoms with Crippen molar-refractivity contribution < 1.29 is 9.90 Å². The second kappa shape index (κ2) is 5.39. The van der Waals surface area contributed by atoms with Crippen molar-refractivity contribution >= 4 is 29.3 Å². The number of hydrogen-bond donors (Lipinski definition) is 2. The van der Waals surface area contributed by atoms with Crippen LogP contribution in [0.3, 0.4) is 0 Å². The maximum Gasteiger partial charge on any atom is 0.312 e. The highest BCUT2D eigenvalue weighted by Gasteiger charge is 2.18. The van der Waals surface area contributed by atoms with E-state index in [4.69, 9.17) is 22.4 Å². The van der Waals surface area contributed by atoms with E-state index in [1.165, 1.54) is 11.8 Å². The van der Waals surface area contributed by atoms with Gasteiger partial charge in [0, 0.05) is 16.5 Å². The first-order valence-electron chi connectivity index (χ1n) is 4.35. The van der Waals surface area contributed by atoms with Crippen LogP contribution in [0.25, 0.3) is 0 Å². The molecule has 0 aromatic heterocycles. The van der Waals surface area contributed by atoms with Gasteiger partial charge in [0.05, 0.1) is 5.92 Å². The van der Waals surface area contributed by atoms with Crippen LogP contribution in [0.1, 0.15) is 11.5 Å². The summed E-state index contributed by atoms with van der Waals surface area (Å²) >= 11 is 7.41. The molecule has 0 saturated carbocycles. The van der Waals surface area contributed by atoms with Crippen LogP contribution in [0.4, 0.5) is 0 Å². The molecule has 0 bridgehead atoms. The van der Waals surface area contributed by atoms with Crippen molar-refractivity contribution in [1.82, 2.24) is 0 Å². The van der Waals surface area contributed by atoms with Crippen LogP contribution >= 0.6 is 23.4 Å². The fraction of sp³-hybridized carbons (Fsp3) is 0.300. The Labute approximate surface area is 97.6 Å². The minimum Gasteiger partial charge on any atom is -0.481 e. The van der Waals surface area contributed by atoms with Gasteiger partial charge >= 0.3 is 5.97 Å². The van der Waals surface area contributed by atoms with Gasteiger partial charge in [-0.15, -0.1) is 11.8 Å². The molecule has 1 aromatic carbocycles. The summed E-state index contributed by atoms with van der Waals surface area (Å²) in [5, 5.41) is 9.49. The number of carbonyl (C=O) groups is 1. The summed E-state index contributed by atoms with van der Waals surface area (Å²) in [4.78, 5) is 11.9. The predicted octanol–water partition coefficient (Wildman–Crippen LogP) is 2.19. The van der Waals surface area contributed by atoms with Gasteiger partial charge in [0.2, 0.25) is 0 Å². The number of aliphatic carboxylic acids is 1. The zero-order valence-electron chi connectivity index (χ0n) is 8.24. The fourth-order valence-corrected chi connectivity index (χ4v) is 2.09. The van der Waals surface area contributed by atoms with Gasteiger partial charge in [0.15, 0.2) is 0 Å². The summed E-state index contributed by atoms with van der Waals surface area (Å²) < 4.78 is 0. The second-order valence-electron chi connectivity index (χ2n) is 3.05. The number of carboxylic acid groups (broad SMARTS) is 1. The van der Waals surface area contributed by atoms with Gasteiger partial charge in [-0.05, 0) is 30.0 Å². The Morgan fingerprint density at radius 3 is 2.73 bits per heavy atom. The minimum absolute atomic E-state index is 0.0729. The molecule has 0 aliphatic carbocycles. The Balaban J connectivity index is 3.11. The SMILES string of the molecule is CSc1cc(Cl)cc(C(CN)C(=O)O)c1. The van der Waals surface area contributed by atoms with Gasteiger partial charge in [0.1, 0.15) is 0 Å². The van der Waals surface area contributed by atoms with E-state index in [0.717, 1.165) is 4.90 Å². The van der Waals surface area contributed by atoms with Crippen LogP contribution in [0.2, 0.25) is 5.02 Å². The van der Waals surface area contributed by atoms with Crippen molar-refractivity contribution in [3.63, 3.8) is 0 Å². The third-order valence-electron chi connectivity index (χ3n) is 2.07. The molecule has 0 aliphatic rings. The van der Waals surface area contributed by atoms with Crippen LogP contribution in [0.5, 0.6) is 0 Å². The number of thioether (sulfide) groups is 1. The normalized spacial score (nSPS) is 12.5. The molecule has 3 N–H and O–H groups in total. The zero-order chi connectivity index (χ0) is 11.4. The standard InChI is InChI=1S/C10H12ClNO2S/c1-15-8-3-6(2-7(11)4-8)9(5-12)10(13)14/h2-4,9H,5,12H2,1H3,(H,13,14). The van der Waals surface area contributed by atoms with Crippen LogP contribution in [-0.4, -0.2) is 23.9 Å². The molecular formula is C10H12ClNO2S. The average molecular weight is 246 g/mol. The van der Waals surface area contributed by atoms with Gasteiger partial charge in [-0.2, -0.15) is 0 Å². The van der Waals surface area contributed by atoms with E-state index < -0.39 is 11.9 Å². The summed E-state index contributed by atoms with van der Waals surface area (Å²) in [6, 6.07) is 5.25. The lowest BCUT2D eigenvalue weighted by Gasteiger charge is -2.11. The third kappa shape index (κ3) is 3.12. The Morgan fingerprint density at radius 1 is 1.60 bits per heavy atom. The molecule has 1 aromatic rings. The first-order chi connectivity index (χ1) is 7.08. The van der Waals surface area contributed by atoms with Crippen molar-refractivity contribution in [3.8, 4) is 0 Å². The number of hydrogen-bond acceptors (Lipinski definition) is 3. The van der Waals surface area contributed by atoms with Crippen molar-refractivity contribution in [1.29, 1.82) is 0 Å². The molecular weight excluding hydrogens is 234 g/mol. The van der Waals surface area contributed by atoms with Gasteiger partial charge in [-0.1, -0.05) is 11.6 Å². The van der Waals surface area contributed by atoms with E-state index in [-0.39, 0.29) is 6.54 Å². The van der Waals surface area contributed by atoms with E-state index in [0.29, 0.717) is 10.6 Å². The summed E-state index contributed by atoms with van der Waals surface area (Å²) in [5.41, 5.74) is 6.07. The number of halogens is 1. The molecule has 0 amide bonds. The van der Waals surface area contributed by atoms with Gasteiger partial charge in [-0.3, -0.25) is 4.79 Å². The largest absolute Gasteiger partial charge is 0.481 e. The number of carboxylic acids is 1. The molecule has 82 valence electrons. The minimum atomic E-state index is -0.924. The number of rotatable bonds is 4. The molecule has 15 heavy (non-hydrogen) atoms. The number of nitrogens with two attached hydrogens (primary N) is 1. The molecule has 0 heterocycles. The average Bonchev–Trinajstić information content (AvgIpc) is 2.17. The summed E-state index contributed by atoms with van der Waals surface area (Å²) in [6.45, 7) is 0.0729. The summed E-state index contributed by atoms with van der Waals surface area (Å²) in [6.07, 6.45) is 1.91. The molecule has 0 saturated heterocycles. The molecule has 0 radical (unpaired) electrons. The summed E-state index contributed by atoms with van der Waals surface area (Å²) in [7, 11) is 0. The van der Waals surface area contributed by atoms with Gasteiger partial charge in [-0.25, -0.2) is 0 Å². The lowest BCUT2D eigenvalue weighted by molar-refractivity contribution is -0.138. The summed E-state index contributed by atoms with van der Waals surface area (Å²) in [5.74, 6) is -1.61. The maximum absolute atomic E-state index is 10.9. The van der Waals surface area contributed by atoms with E-state index in [9.17, 15) is 4.79 Å². The first-order valence-corrected chi connectivity index (χ1v) is 5.96. The van der Waals surface area contributed by atoms with Gasteiger partial charge in [0.25, 0.3) is 0 Å². The Morgan fingerprint density at radius 2 is 2.27 bits per heavy atom. The molecule has 1 unspecified atom stereocenters. The van der Waals surface area contributed by atoms with E-state index in [1.807, 2.05) is 12.3 Å². The van der Waals surface area contributed by atoms with Crippen molar-refractivity contribution in [2.45, 2.75) is 10.8 Å². The zero-order valence-corrected chi connectivity index (χ0v) is 9.81. The fourth-order valence-electron chi connectivity index (χ4n) is 1.28. The predicted molar refractivity (Wildman–Crippen MR) is 62.7 cm³/mol. The van der Waals surface area contributed by atoms with Crippen molar-refractivity contribution in [2.75, 3.05) is 12.8 Å². The second-order valence-corrected chi connectivity index (χ2v) is 4.37. The number of benzene rings is 1. The molecule has 0 aliphatic heterocycles. The van der Waals surface area contributed by atoms with Crippen molar-refractivity contribution in [3.05, 3.63) is 28.8 Å². The molecule has 1 atom stereocenters. The first kappa shape index (κ1) is 12.4. The van der Waals surface area contributed by atoms with Crippen LogP contribution < -0.4 is 5.73 Å². The van der Waals surface area contributed by atoms with Gasteiger partial charge < -0.3 is 10.8 Å². The third-order valence-corrected chi connectivity index (χ3v) is 2.99. The lowest BCUT2D eigenvalue weighted by Crippen LogP contribution is -2.21. The van der Waals surface area contributed by atoms with Crippen LogP contribution in [0, 0.1) is 0 Å². The smallest absolute Gasteiger partial charge is 0.312 e. The van der Waals surface area contributed by atoms with E-state index in [2.05, 4.69) is 0 Å². The molecule has 5 heteroatoms. The van der Waals surface area contributed by atoms with Crippen LogP contribution in [-0.2, 0) is 4.79 Å². The highest BCUT2D eigenvalue weighted by Crippen LogP contribution is 2.26. The maximum atomic E-state index is 10.9. The Bertz CT molecular complexity index is 370. The quantitative estimate of drug-likeness (QED) is 0.799. The molecule has 0 fully saturated rings.